The minimum absolute atomic E-state index is 0.0180. The van der Waals surface area contributed by atoms with Crippen molar-refractivity contribution >= 4 is 34.8 Å². The number of carboxylic acids is 1. The van der Waals surface area contributed by atoms with Crippen LogP contribution in [0.3, 0.4) is 0 Å². The summed E-state index contributed by atoms with van der Waals surface area (Å²) in [5.74, 6) is -10.9. The van der Waals surface area contributed by atoms with E-state index in [4.69, 9.17) is 13.9 Å². The molecule has 2 heterocycles. The van der Waals surface area contributed by atoms with Crippen molar-refractivity contribution in [1.82, 2.24) is 0 Å². The number of ether oxygens (including phenoxy) is 4. The fourth-order valence-corrected chi connectivity index (χ4v) is 3.80. The van der Waals surface area contributed by atoms with Gasteiger partial charge in [-0.25, -0.2) is 18.8 Å². The summed E-state index contributed by atoms with van der Waals surface area (Å²) in [5, 5.41) is 81.3. The van der Waals surface area contributed by atoms with E-state index in [1.807, 2.05) is 0 Å². The second kappa shape index (κ2) is 11.7. The molecular weight excluding hydrogens is 572 g/mol. The highest BCUT2D eigenvalue weighted by Crippen LogP contribution is 2.42. The van der Waals surface area contributed by atoms with Gasteiger partial charge in [0.2, 0.25) is 12.0 Å². The zero-order valence-corrected chi connectivity index (χ0v) is 20.8. The molecule has 1 aliphatic rings. The molecule has 3 aromatic rings. The van der Waals surface area contributed by atoms with Gasteiger partial charge >= 0.3 is 29.3 Å². The first kappa shape index (κ1) is 29.7. The Morgan fingerprint density at radius 3 is 2.21 bits per heavy atom. The van der Waals surface area contributed by atoms with Crippen molar-refractivity contribution in [3.05, 3.63) is 36.4 Å². The van der Waals surface area contributed by atoms with Crippen LogP contribution in [-0.4, -0.2) is 96.9 Å². The Bertz CT molecular complexity index is 1570. The molecule has 0 amide bonds. The second-order valence-corrected chi connectivity index (χ2v) is 8.72. The number of carbonyl (C=O) groups excluding carboxylic acids is 4. The Kier molecular flexibility index (Phi) is 8.29. The number of carboxylic acid groups (broad SMARTS) is 1. The van der Waals surface area contributed by atoms with E-state index in [0.29, 0.717) is 0 Å². The summed E-state index contributed by atoms with van der Waals surface area (Å²) in [5.41, 5.74) is 0.00262. The molecule has 42 heavy (non-hydrogen) atoms. The number of rotatable bonds is 5. The molecule has 1 aliphatic heterocycles. The zero-order valence-electron chi connectivity index (χ0n) is 20.8. The lowest BCUT2D eigenvalue weighted by molar-refractivity contribution is -0.303. The van der Waals surface area contributed by atoms with Crippen molar-refractivity contribution < 1.29 is 83.4 Å². The van der Waals surface area contributed by atoms with Gasteiger partial charge in [-0.1, -0.05) is 0 Å². The average Bonchev–Trinajstić information content (AvgIpc) is 2.93. The van der Waals surface area contributed by atoms with Gasteiger partial charge in [0.25, 0.3) is 0 Å². The number of aliphatic carboxylic acids is 1. The van der Waals surface area contributed by atoms with E-state index in [1.54, 1.807) is 0 Å². The van der Waals surface area contributed by atoms with Gasteiger partial charge < -0.3 is 64.6 Å². The minimum Gasteiger partial charge on any atom is -0.539 e. The van der Waals surface area contributed by atoms with Crippen molar-refractivity contribution in [1.29, 1.82) is 0 Å². The minimum atomic E-state index is -2.41. The Balaban J connectivity index is 1.62. The van der Waals surface area contributed by atoms with Gasteiger partial charge in [0.05, 0.1) is 11.6 Å². The maximum Gasteiger partial charge on any atom is 0.425 e. The van der Waals surface area contributed by atoms with Crippen molar-refractivity contribution in [2.24, 2.45) is 0 Å². The van der Waals surface area contributed by atoms with Gasteiger partial charge in [-0.05, 0) is 12.1 Å². The first-order chi connectivity index (χ1) is 19.8. The molecule has 0 saturated carbocycles. The highest BCUT2D eigenvalue weighted by molar-refractivity contribution is 6.37. The van der Waals surface area contributed by atoms with Crippen LogP contribution in [0.15, 0.2) is 40.8 Å². The van der Waals surface area contributed by atoms with Crippen LogP contribution in [0.1, 0.15) is 0 Å². The lowest BCUT2D eigenvalue weighted by Crippen LogP contribution is -2.60. The Labute approximate surface area is 232 Å². The summed E-state index contributed by atoms with van der Waals surface area (Å²) >= 11 is 0. The molecule has 5 atom stereocenters. The molecule has 0 aliphatic carbocycles. The summed E-state index contributed by atoms with van der Waals surface area (Å²) < 4.78 is 25.1. The Hall–Kier alpha value is -5.23. The first-order valence-corrected chi connectivity index (χ1v) is 11.6. The SMILES string of the molecule is O=C([O-])C(=O)OC(=O)C(=O)OCC1OC(Oc2cc3c(O)cc(O)cc3[o+]c2-c2ccc(O)c(O)c2)C(O)C(O)C1O. The predicted octanol–water partition coefficient (Wildman–Crippen LogP) is -2.25. The van der Waals surface area contributed by atoms with E-state index in [1.165, 1.54) is 12.1 Å². The largest absolute Gasteiger partial charge is 0.539 e. The molecule has 0 spiro atoms. The number of benzene rings is 2. The van der Waals surface area contributed by atoms with Crippen LogP contribution in [0, 0.1) is 0 Å². The number of carbonyl (C=O) groups is 4. The van der Waals surface area contributed by atoms with E-state index in [2.05, 4.69) is 9.47 Å². The third-order valence-corrected chi connectivity index (χ3v) is 5.86. The number of fused-ring (bicyclic) bond motifs is 1. The topological polar surface area (TPSA) is 281 Å². The molecular formula is C25H20O17. The van der Waals surface area contributed by atoms with E-state index in [0.717, 1.165) is 24.3 Å². The maximum atomic E-state index is 11.8. The zero-order chi connectivity index (χ0) is 30.9. The number of phenols is 4. The summed E-state index contributed by atoms with van der Waals surface area (Å²) in [6, 6.07) is 6.77. The van der Waals surface area contributed by atoms with Crippen LogP contribution in [0.5, 0.6) is 28.7 Å². The fraction of sp³-hybridized carbons (Fsp3) is 0.240. The number of phenolic OH excluding ortho intramolecular Hbond substituents is 4. The number of aliphatic hydroxyl groups is 3. The van der Waals surface area contributed by atoms with E-state index >= 15 is 0 Å². The standard InChI is InChI=1S/C25H20O17/c26-9-4-12(28)10-6-15(20(39-14(10)5-9)8-1-2-11(27)13(29)3-8)40-25-19(32)18(31)17(30)16(41-25)7-38-23(36)24(37)42-22(35)21(33)34/h1-6,16-19,25,30-32H,7H2,(H4-,26,27,28,29,33,34,36,37). The van der Waals surface area contributed by atoms with Crippen LogP contribution >= 0.6 is 0 Å². The van der Waals surface area contributed by atoms with E-state index < -0.39 is 78.4 Å². The smallest absolute Gasteiger partial charge is 0.425 e. The quantitative estimate of drug-likeness (QED) is 0.0541. The van der Waals surface area contributed by atoms with Crippen LogP contribution in [-0.2, 0) is 33.4 Å². The lowest BCUT2D eigenvalue weighted by atomic mass is 9.99. The molecule has 0 bridgehead atoms. The van der Waals surface area contributed by atoms with Gasteiger partial charge in [0.15, 0.2) is 17.5 Å². The van der Waals surface area contributed by atoms with Crippen molar-refractivity contribution in [3.63, 3.8) is 0 Å². The number of hydrogen-bond donors (Lipinski definition) is 7. The average molecular weight is 592 g/mol. The molecule has 1 saturated heterocycles. The first-order valence-electron chi connectivity index (χ1n) is 11.6. The second-order valence-electron chi connectivity index (χ2n) is 8.72. The number of aliphatic hydroxyl groups excluding tert-OH is 3. The van der Waals surface area contributed by atoms with Gasteiger partial charge in [-0.15, -0.1) is 0 Å². The van der Waals surface area contributed by atoms with E-state index in [-0.39, 0.29) is 33.8 Å². The maximum absolute atomic E-state index is 11.8. The highest BCUT2D eigenvalue weighted by atomic mass is 16.7. The number of esters is 3. The van der Waals surface area contributed by atoms with Gasteiger partial charge in [-0.2, -0.15) is 0 Å². The molecule has 4 rings (SSSR count). The van der Waals surface area contributed by atoms with Crippen molar-refractivity contribution in [2.75, 3.05) is 6.61 Å². The van der Waals surface area contributed by atoms with Gasteiger partial charge in [-0.3, -0.25) is 0 Å². The Morgan fingerprint density at radius 2 is 1.55 bits per heavy atom. The van der Waals surface area contributed by atoms with Crippen LogP contribution < -0.4 is 9.84 Å². The molecule has 17 heteroatoms. The van der Waals surface area contributed by atoms with E-state index in [9.17, 15) is 60.0 Å². The summed E-state index contributed by atoms with van der Waals surface area (Å²) in [6.07, 6.45) is -9.46. The molecule has 2 aromatic carbocycles. The summed E-state index contributed by atoms with van der Waals surface area (Å²) in [4.78, 5) is 44.5. The molecule has 1 aromatic heterocycles. The number of hydrogen-bond acceptors (Lipinski definition) is 16. The Morgan fingerprint density at radius 1 is 0.833 bits per heavy atom. The fourth-order valence-electron chi connectivity index (χ4n) is 3.80. The van der Waals surface area contributed by atoms with Crippen molar-refractivity contribution in [2.45, 2.75) is 30.7 Å². The van der Waals surface area contributed by atoms with Crippen LogP contribution in [0.4, 0.5) is 0 Å². The molecule has 5 unspecified atom stereocenters. The summed E-state index contributed by atoms with van der Waals surface area (Å²) in [7, 11) is 0. The number of aromatic hydroxyl groups is 4. The molecule has 17 nitrogen and oxygen atoms in total. The molecule has 1 fully saturated rings. The van der Waals surface area contributed by atoms with Gasteiger partial charge in [0.1, 0.15) is 47.9 Å². The van der Waals surface area contributed by atoms with Crippen molar-refractivity contribution in [3.8, 4) is 40.1 Å². The molecule has 222 valence electrons. The highest BCUT2D eigenvalue weighted by Gasteiger charge is 2.46. The third kappa shape index (κ3) is 6.08. The monoisotopic (exact) mass is 592 g/mol. The van der Waals surface area contributed by atoms with Crippen LogP contribution in [0.2, 0.25) is 0 Å². The third-order valence-electron chi connectivity index (χ3n) is 5.86. The van der Waals surface area contributed by atoms with Gasteiger partial charge in [0, 0.05) is 18.2 Å². The summed E-state index contributed by atoms with van der Waals surface area (Å²) in [6.45, 7) is -1.00. The molecule has 0 radical (unpaired) electrons. The normalized spacial score (nSPS) is 21.8. The van der Waals surface area contributed by atoms with Crippen LogP contribution in [0.25, 0.3) is 22.3 Å². The predicted molar refractivity (Wildman–Crippen MR) is 127 cm³/mol. The lowest BCUT2D eigenvalue weighted by Gasteiger charge is -2.39. The molecule has 7 N–H and O–H groups in total.